The number of hydrogen-bond acceptors (Lipinski definition) is 4. The highest BCUT2D eigenvalue weighted by Gasteiger charge is 2.08. The lowest BCUT2D eigenvalue weighted by atomic mass is 10.1. The predicted molar refractivity (Wildman–Crippen MR) is 92.5 cm³/mol. The third-order valence-corrected chi connectivity index (χ3v) is 3.70. The SMILES string of the molecule is C/C(=N\Nc1ccccc1)c1cc2cc(Br)ccc2oc1=O. The van der Waals surface area contributed by atoms with Crippen molar-refractivity contribution >= 4 is 38.3 Å². The second-order valence-electron chi connectivity index (χ2n) is 4.80. The number of anilines is 1. The van der Waals surface area contributed by atoms with Gasteiger partial charge >= 0.3 is 5.63 Å². The standard InChI is InChI=1S/C17H13BrN2O2/c1-11(19-20-14-5-3-2-4-6-14)15-10-12-9-13(18)7-8-16(12)22-17(15)21/h2-10,20H,1H3/b19-11+. The van der Waals surface area contributed by atoms with Gasteiger partial charge in [-0.25, -0.2) is 4.79 Å². The van der Waals surface area contributed by atoms with Crippen LogP contribution in [0.15, 0.2) is 73.4 Å². The molecule has 3 aromatic rings. The Hall–Kier alpha value is -2.40. The largest absolute Gasteiger partial charge is 0.422 e. The van der Waals surface area contributed by atoms with Gasteiger partial charge in [0, 0.05) is 9.86 Å². The molecule has 2 aromatic carbocycles. The van der Waals surface area contributed by atoms with Crippen LogP contribution in [0.1, 0.15) is 12.5 Å². The molecule has 0 aliphatic carbocycles. The van der Waals surface area contributed by atoms with Gasteiger partial charge in [-0.1, -0.05) is 34.1 Å². The van der Waals surface area contributed by atoms with Gasteiger partial charge < -0.3 is 4.42 Å². The zero-order chi connectivity index (χ0) is 15.5. The molecule has 0 radical (unpaired) electrons. The zero-order valence-electron chi connectivity index (χ0n) is 11.8. The van der Waals surface area contributed by atoms with Crippen LogP contribution in [0, 0.1) is 0 Å². The molecule has 0 fully saturated rings. The van der Waals surface area contributed by atoms with Crippen molar-refractivity contribution in [1.29, 1.82) is 0 Å². The molecule has 110 valence electrons. The maximum atomic E-state index is 12.1. The maximum Gasteiger partial charge on any atom is 0.345 e. The molecular formula is C17H13BrN2O2. The molecule has 0 spiro atoms. The average Bonchev–Trinajstić information content (AvgIpc) is 2.53. The average molecular weight is 357 g/mol. The molecule has 3 rings (SSSR count). The lowest BCUT2D eigenvalue weighted by molar-refractivity contribution is 0.559. The monoisotopic (exact) mass is 356 g/mol. The molecule has 0 unspecified atom stereocenters. The van der Waals surface area contributed by atoms with E-state index in [2.05, 4.69) is 26.5 Å². The van der Waals surface area contributed by atoms with Crippen LogP contribution in [-0.2, 0) is 0 Å². The first kappa shape index (κ1) is 14.5. The Balaban J connectivity index is 1.98. The summed E-state index contributed by atoms with van der Waals surface area (Å²) in [6, 6.07) is 16.8. The Morgan fingerprint density at radius 3 is 2.68 bits per heavy atom. The number of nitrogens with one attached hydrogen (secondary N) is 1. The summed E-state index contributed by atoms with van der Waals surface area (Å²) in [6.07, 6.45) is 0. The maximum absolute atomic E-state index is 12.1. The minimum Gasteiger partial charge on any atom is -0.422 e. The zero-order valence-corrected chi connectivity index (χ0v) is 13.4. The van der Waals surface area contributed by atoms with Crippen LogP contribution in [0.25, 0.3) is 11.0 Å². The number of hydrazone groups is 1. The van der Waals surface area contributed by atoms with Gasteiger partial charge in [0.1, 0.15) is 5.58 Å². The highest BCUT2D eigenvalue weighted by Crippen LogP contribution is 2.19. The summed E-state index contributed by atoms with van der Waals surface area (Å²) in [5.74, 6) is 0. The Morgan fingerprint density at radius 1 is 1.14 bits per heavy atom. The molecule has 1 heterocycles. The van der Waals surface area contributed by atoms with E-state index in [4.69, 9.17) is 4.42 Å². The van der Waals surface area contributed by atoms with Crippen LogP contribution < -0.4 is 11.1 Å². The first-order valence-electron chi connectivity index (χ1n) is 6.72. The van der Waals surface area contributed by atoms with Crippen LogP contribution in [0.3, 0.4) is 0 Å². The first-order chi connectivity index (χ1) is 10.6. The molecule has 1 aromatic heterocycles. The van der Waals surface area contributed by atoms with E-state index in [-0.39, 0.29) is 0 Å². The van der Waals surface area contributed by atoms with E-state index in [0.29, 0.717) is 16.9 Å². The highest BCUT2D eigenvalue weighted by atomic mass is 79.9. The molecule has 4 nitrogen and oxygen atoms in total. The second kappa shape index (κ2) is 6.15. The number of rotatable bonds is 3. The molecule has 0 saturated carbocycles. The molecule has 0 aliphatic rings. The first-order valence-corrected chi connectivity index (χ1v) is 7.52. The summed E-state index contributed by atoms with van der Waals surface area (Å²) >= 11 is 3.41. The quantitative estimate of drug-likeness (QED) is 0.430. The molecule has 0 saturated heterocycles. The number of fused-ring (bicyclic) bond motifs is 1. The third kappa shape index (κ3) is 3.09. The van der Waals surface area contributed by atoms with Crippen molar-refractivity contribution in [2.24, 2.45) is 5.10 Å². The molecule has 0 aliphatic heterocycles. The van der Waals surface area contributed by atoms with Gasteiger partial charge in [-0.05, 0) is 43.3 Å². The molecule has 1 N–H and O–H groups in total. The van der Waals surface area contributed by atoms with E-state index in [9.17, 15) is 4.79 Å². The summed E-state index contributed by atoms with van der Waals surface area (Å²) < 4.78 is 6.26. The fraction of sp³-hybridized carbons (Fsp3) is 0.0588. The number of halogens is 1. The van der Waals surface area contributed by atoms with Crippen molar-refractivity contribution in [3.8, 4) is 0 Å². The predicted octanol–water partition coefficient (Wildman–Crippen LogP) is 4.39. The molecular weight excluding hydrogens is 344 g/mol. The van der Waals surface area contributed by atoms with Crippen molar-refractivity contribution in [1.82, 2.24) is 0 Å². The second-order valence-corrected chi connectivity index (χ2v) is 5.72. The number of para-hydroxylation sites is 1. The van der Waals surface area contributed by atoms with Crippen molar-refractivity contribution in [2.75, 3.05) is 5.43 Å². The van der Waals surface area contributed by atoms with E-state index in [0.717, 1.165) is 15.5 Å². The molecule has 22 heavy (non-hydrogen) atoms. The highest BCUT2D eigenvalue weighted by molar-refractivity contribution is 9.10. The Bertz CT molecular complexity index is 901. The lowest BCUT2D eigenvalue weighted by Gasteiger charge is -2.04. The van der Waals surface area contributed by atoms with Crippen LogP contribution >= 0.6 is 15.9 Å². The van der Waals surface area contributed by atoms with E-state index < -0.39 is 5.63 Å². The van der Waals surface area contributed by atoms with E-state index in [1.807, 2.05) is 42.5 Å². The summed E-state index contributed by atoms with van der Waals surface area (Å²) in [5, 5.41) is 5.10. The third-order valence-electron chi connectivity index (χ3n) is 3.21. The topological polar surface area (TPSA) is 54.6 Å². The Kier molecular flexibility index (Phi) is 4.06. The van der Waals surface area contributed by atoms with Crippen LogP contribution in [0.2, 0.25) is 0 Å². The van der Waals surface area contributed by atoms with Crippen molar-refractivity contribution < 1.29 is 4.42 Å². The van der Waals surface area contributed by atoms with Gasteiger partial charge in [-0.3, -0.25) is 5.43 Å². The van der Waals surface area contributed by atoms with Crippen LogP contribution in [0.5, 0.6) is 0 Å². The Labute approximate surface area is 135 Å². The summed E-state index contributed by atoms with van der Waals surface area (Å²) in [7, 11) is 0. The lowest BCUT2D eigenvalue weighted by Crippen LogP contribution is -2.13. The number of hydrogen-bond donors (Lipinski definition) is 1. The molecule has 0 atom stereocenters. The fourth-order valence-electron chi connectivity index (χ4n) is 2.07. The van der Waals surface area contributed by atoms with Gasteiger partial charge in [-0.15, -0.1) is 0 Å². The van der Waals surface area contributed by atoms with E-state index in [1.165, 1.54) is 0 Å². The van der Waals surface area contributed by atoms with Gasteiger partial charge in [-0.2, -0.15) is 5.10 Å². The van der Waals surface area contributed by atoms with Crippen molar-refractivity contribution in [2.45, 2.75) is 6.92 Å². The summed E-state index contributed by atoms with van der Waals surface area (Å²) in [6.45, 7) is 1.77. The molecule has 0 amide bonds. The van der Waals surface area contributed by atoms with Crippen molar-refractivity contribution in [3.05, 3.63) is 75.1 Å². The summed E-state index contributed by atoms with van der Waals surface area (Å²) in [4.78, 5) is 12.1. The molecule has 5 heteroatoms. The normalized spacial score (nSPS) is 11.6. The van der Waals surface area contributed by atoms with Gasteiger partial charge in [0.25, 0.3) is 0 Å². The minimum atomic E-state index is -0.397. The van der Waals surface area contributed by atoms with Gasteiger partial charge in [0.2, 0.25) is 0 Å². The van der Waals surface area contributed by atoms with Crippen LogP contribution in [0.4, 0.5) is 5.69 Å². The Morgan fingerprint density at radius 2 is 1.91 bits per heavy atom. The number of benzene rings is 2. The van der Waals surface area contributed by atoms with E-state index in [1.54, 1.807) is 19.1 Å². The minimum absolute atomic E-state index is 0.397. The van der Waals surface area contributed by atoms with Gasteiger partial charge in [0.05, 0.1) is 17.0 Å². The molecule has 0 bridgehead atoms. The smallest absolute Gasteiger partial charge is 0.345 e. The van der Waals surface area contributed by atoms with E-state index >= 15 is 0 Å². The number of nitrogens with zero attached hydrogens (tertiary/aromatic N) is 1. The van der Waals surface area contributed by atoms with Crippen LogP contribution in [-0.4, -0.2) is 5.71 Å². The summed E-state index contributed by atoms with van der Waals surface area (Å²) in [5.41, 5.74) is 4.95. The van der Waals surface area contributed by atoms with Gasteiger partial charge in [0.15, 0.2) is 0 Å². The fourth-order valence-corrected chi connectivity index (χ4v) is 2.45. The van der Waals surface area contributed by atoms with Crippen molar-refractivity contribution in [3.63, 3.8) is 0 Å².